The van der Waals surface area contributed by atoms with Gasteiger partial charge >= 0.3 is 0 Å². The molecule has 7 heteroatoms. The number of carbonyl (C=O) groups excluding carboxylic acids is 1. The number of rotatable bonds is 11. The van der Waals surface area contributed by atoms with Crippen molar-refractivity contribution in [2.75, 3.05) is 54.1 Å². The van der Waals surface area contributed by atoms with E-state index < -0.39 is 0 Å². The van der Waals surface area contributed by atoms with Crippen LogP contribution >= 0.6 is 0 Å². The SMILES string of the molecule is COc1ccc(CN2CCN(CC(=O)N(Cc3ccccc3)[C@H](C)C3CC3)CC2)c(OC)c1OC. The normalized spacial score (nSPS) is 17.6. The first kappa shape index (κ1) is 25.3. The molecular formula is C28H39N3O4. The van der Waals surface area contributed by atoms with Crippen molar-refractivity contribution in [3.63, 3.8) is 0 Å². The monoisotopic (exact) mass is 481 g/mol. The van der Waals surface area contributed by atoms with Gasteiger partial charge in [-0.15, -0.1) is 0 Å². The van der Waals surface area contributed by atoms with Crippen LogP contribution in [-0.4, -0.2) is 80.7 Å². The van der Waals surface area contributed by atoms with Gasteiger partial charge in [0, 0.05) is 50.9 Å². The van der Waals surface area contributed by atoms with Gasteiger partial charge in [0.05, 0.1) is 27.9 Å². The molecule has 1 aliphatic heterocycles. The van der Waals surface area contributed by atoms with Crippen LogP contribution in [0.5, 0.6) is 17.2 Å². The summed E-state index contributed by atoms with van der Waals surface area (Å²) in [6, 6.07) is 14.6. The fourth-order valence-electron chi connectivity index (χ4n) is 4.99. The first-order valence-corrected chi connectivity index (χ1v) is 12.6. The topological polar surface area (TPSA) is 54.5 Å². The second-order valence-electron chi connectivity index (χ2n) is 9.63. The van der Waals surface area contributed by atoms with Crippen LogP contribution in [0, 0.1) is 5.92 Å². The molecule has 1 saturated carbocycles. The fraction of sp³-hybridized carbons (Fsp3) is 0.536. The first-order valence-electron chi connectivity index (χ1n) is 12.6. The number of methoxy groups -OCH3 is 3. The van der Waals surface area contributed by atoms with Crippen molar-refractivity contribution in [1.82, 2.24) is 14.7 Å². The summed E-state index contributed by atoms with van der Waals surface area (Å²) in [4.78, 5) is 20.2. The molecule has 0 N–H and O–H groups in total. The van der Waals surface area contributed by atoms with Gasteiger partial charge in [0.15, 0.2) is 11.5 Å². The smallest absolute Gasteiger partial charge is 0.237 e. The Bertz CT molecular complexity index is 972. The lowest BCUT2D eigenvalue weighted by Gasteiger charge is -2.37. The van der Waals surface area contributed by atoms with Gasteiger partial charge in [-0.3, -0.25) is 14.6 Å². The summed E-state index contributed by atoms with van der Waals surface area (Å²) in [7, 11) is 4.92. The summed E-state index contributed by atoms with van der Waals surface area (Å²) in [5.41, 5.74) is 2.27. The Kier molecular flexibility index (Phi) is 8.52. The lowest BCUT2D eigenvalue weighted by molar-refractivity contribution is -0.136. The van der Waals surface area contributed by atoms with Gasteiger partial charge in [-0.2, -0.15) is 0 Å². The lowest BCUT2D eigenvalue weighted by atomic mass is 10.1. The number of nitrogens with zero attached hydrogens (tertiary/aromatic N) is 3. The quantitative estimate of drug-likeness (QED) is 0.488. The van der Waals surface area contributed by atoms with E-state index >= 15 is 0 Å². The predicted molar refractivity (Wildman–Crippen MR) is 137 cm³/mol. The highest BCUT2D eigenvalue weighted by Crippen LogP contribution is 2.40. The van der Waals surface area contributed by atoms with Gasteiger partial charge in [0.1, 0.15) is 0 Å². The Hall–Kier alpha value is -2.77. The molecule has 0 spiro atoms. The van der Waals surface area contributed by atoms with Crippen molar-refractivity contribution in [2.45, 2.75) is 38.9 Å². The maximum atomic E-state index is 13.4. The zero-order chi connectivity index (χ0) is 24.8. The van der Waals surface area contributed by atoms with Crippen molar-refractivity contribution in [1.29, 1.82) is 0 Å². The molecule has 35 heavy (non-hydrogen) atoms. The summed E-state index contributed by atoms with van der Waals surface area (Å²) in [5, 5.41) is 0. The van der Waals surface area contributed by atoms with Crippen molar-refractivity contribution >= 4 is 5.91 Å². The molecule has 0 aromatic heterocycles. The standard InChI is InChI=1S/C28H39N3O4/c1-21(23-10-11-23)31(18-22-8-6-5-7-9-22)26(32)20-30-16-14-29(15-17-30)19-24-12-13-25(33-2)28(35-4)27(24)34-3/h5-9,12-13,21,23H,10-11,14-20H2,1-4H3/t21-/m1/s1. The molecule has 4 rings (SSSR count). The van der Waals surface area contributed by atoms with E-state index in [1.165, 1.54) is 18.4 Å². The van der Waals surface area contributed by atoms with E-state index in [4.69, 9.17) is 14.2 Å². The van der Waals surface area contributed by atoms with Crippen LogP contribution < -0.4 is 14.2 Å². The number of ether oxygens (including phenoxy) is 3. The highest BCUT2D eigenvalue weighted by atomic mass is 16.5. The Labute approximate surface area is 209 Å². The number of hydrogen-bond donors (Lipinski definition) is 0. The third-order valence-corrected chi connectivity index (χ3v) is 7.32. The van der Waals surface area contributed by atoms with E-state index in [1.807, 2.05) is 30.3 Å². The predicted octanol–water partition coefficient (Wildman–Crippen LogP) is 3.66. The first-order chi connectivity index (χ1) is 17.0. The number of amides is 1. The Morgan fingerprint density at radius 1 is 0.914 bits per heavy atom. The van der Waals surface area contributed by atoms with E-state index in [-0.39, 0.29) is 5.91 Å². The molecule has 2 aromatic carbocycles. The average molecular weight is 482 g/mol. The third-order valence-electron chi connectivity index (χ3n) is 7.32. The molecule has 1 aliphatic carbocycles. The van der Waals surface area contributed by atoms with Crippen LogP contribution in [0.1, 0.15) is 30.9 Å². The molecule has 0 bridgehead atoms. The maximum Gasteiger partial charge on any atom is 0.237 e. The number of benzene rings is 2. The second-order valence-corrected chi connectivity index (χ2v) is 9.63. The van der Waals surface area contributed by atoms with E-state index in [1.54, 1.807) is 21.3 Å². The average Bonchev–Trinajstić information content (AvgIpc) is 3.74. The molecule has 2 fully saturated rings. The zero-order valence-electron chi connectivity index (χ0n) is 21.5. The molecule has 7 nitrogen and oxygen atoms in total. The summed E-state index contributed by atoms with van der Waals surface area (Å²) >= 11 is 0. The summed E-state index contributed by atoms with van der Waals surface area (Å²) < 4.78 is 16.6. The Morgan fingerprint density at radius 2 is 1.57 bits per heavy atom. The van der Waals surface area contributed by atoms with Gasteiger partial charge in [-0.05, 0) is 37.3 Å². The van der Waals surface area contributed by atoms with Crippen LogP contribution in [0.4, 0.5) is 0 Å². The van der Waals surface area contributed by atoms with Gasteiger partial charge < -0.3 is 19.1 Å². The minimum Gasteiger partial charge on any atom is -0.493 e. The van der Waals surface area contributed by atoms with Gasteiger partial charge in [0.25, 0.3) is 0 Å². The van der Waals surface area contributed by atoms with E-state index in [2.05, 4.69) is 33.8 Å². The Balaban J connectivity index is 1.34. The zero-order valence-corrected chi connectivity index (χ0v) is 21.5. The Morgan fingerprint density at radius 3 is 2.17 bits per heavy atom. The van der Waals surface area contributed by atoms with Gasteiger partial charge in [0.2, 0.25) is 11.7 Å². The lowest BCUT2D eigenvalue weighted by Crippen LogP contribution is -2.51. The second kappa shape index (κ2) is 11.8. The highest BCUT2D eigenvalue weighted by molar-refractivity contribution is 5.78. The van der Waals surface area contributed by atoms with Crippen LogP contribution in [-0.2, 0) is 17.9 Å². The summed E-state index contributed by atoms with van der Waals surface area (Å²) in [5.74, 6) is 2.89. The molecule has 2 aliphatic rings. The number of hydrogen-bond acceptors (Lipinski definition) is 6. The minimum absolute atomic E-state index is 0.239. The van der Waals surface area contributed by atoms with Crippen molar-refractivity contribution in [3.8, 4) is 17.2 Å². The van der Waals surface area contributed by atoms with Gasteiger partial charge in [-0.1, -0.05) is 36.4 Å². The highest BCUT2D eigenvalue weighted by Gasteiger charge is 2.35. The van der Waals surface area contributed by atoms with Crippen molar-refractivity contribution in [3.05, 3.63) is 53.6 Å². The summed E-state index contributed by atoms with van der Waals surface area (Å²) in [6.07, 6.45) is 2.47. The molecule has 1 amide bonds. The van der Waals surface area contributed by atoms with Gasteiger partial charge in [-0.25, -0.2) is 0 Å². The molecular weight excluding hydrogens is 442 g/mol. The van der Waals surface area contributed by atoms with E-state index in [0.29, 0.717) is 36.5 Å². The number of piperazine rings is 1. The van der Waals surface area contributed by atoms with Crippen LogP contribution in [0.2, 0.25) is 0 Å². The largest absolute Gasteiger partial charge is 0.493 e. The van der Waals surface area contributed by atoms with Crippen molar-refractivity contribution < 1.29 is 19.0 Å². The van der Waals surface area contributed by atoms with E-state index in [9.17, 15) is 4.79 Å². The summed E-state index contributed by atoms with van der Waals surface area (Å²) in [6.45, 7) is 7.71. The molecule has 1 atom stereocenters. The molecule has 1 heterocycles. The third kappa shape index (κ3) is 6.27. The van der Waals surface area contributed by atoms with E-state index in [0.717, 1.165) is 44.0 Å². The minimum atomic E-state index is 0.239. The van der Waals surface area contributed by atoms with Crippen molar-refractivity contribution in [2.24, 2.45) is 5.92 Å². The molecule has 0 unspecified atom stereocenters. The molecule has 2 aromatic rings. The molecule has 1 saturated heterocycles. The fourth-order valence-corrected chi connectivity index (χ4v) is 4.99. The van der Waals surface area contributed by atoms with Crippen LogP contribution in [0.15, 0.2) is 42.5 Å². The molecule has 190 valence electrons. The molecule has 0 radical (unpaired) electrons. The van der Waals surface area contributed by atoms with Crippen LogP contribution in [0.3, 0.4) is 0 Å². The maximum absolute atomic E-state index is 13.4. The van der Waals surface area contributed by atoms with Crippen LogP contribution in [0.25, 0.3) is 0 Å². The number of carbonyl (C=O) groups is 1.